The van der Waals surface area contributed by atoms with Crippen molar-refractivity contribution >= 4 is 22.4 Å². The number of carbonyl (C=O) groups excluding carboxylic acids is 1. The lowest BCUT2D eigenvalue weighted by molar-refractivity contribution is -0.122. The van der Waals surface area contributed by atoms with E-state index in [1.54, 1.807) is 6.92 Å². The maximum Gasteiger partial charge on any atom is 0.266 e. The summed E-state index contributed by atoms with van der Waals surface area (Å²) >= 11 is 1.47. The Balaban J connectivity index is 1.98. The molecule has 0 saturated carbocycles. The summed E-state index contributed by atoms with van der Waals surface area (Å²) in [5.74, 6) is 0.499. The number of hydrogen-bond donors (Lipinski definition) is 1. The molecule has 0 aliphatic rings. The van der Waals surface area contributed by atoms with E-state index in [0.29, 0.717) is 10.9 Å². The van der Waals surface area contributed by atoms with Gasteiger partial charge < -0.3 is 4.74 Å². The first kappa shape index (κ1) is 14.5. The SMILES string of the molecule is Cc1cccc(O[C@H](C)C(=O)Nc2nc(C)c(C)s2)c1. The molecule has 1 atom stereocenters. The van der Waals surface area contributed by atoms with Crippen LogP contribution in [0.5, 0.6) is 5.75 Å². The van der Waals surface area contributed by atoms with E-state index in [9.17, 15) is 4.79 Å². The van der Waals surface area contributed by atoms with E-state index in [2.05, 4.69) is 10.3 Å². The van der Waals surface area contributed by atoms with Crippen molar-refractivity contribution in [2.45, 2.75) is 33.8 Å². The van der Waals surface area contributed by atoms with Gasteiger partial charge in [-0.05, 0) is 45.4 Å². The van der Waals surface area contributed by atoms with Gasteiger partial charge in [-0.15, -0.1) is 11.3 Å². The van der Waals surface area contributed by atoms with Crippen LogP contribution in [0, 0.1) is 20.8 Å². The summed E-state index contributed by atoms with van der Waals surface area (Å²) in [7, 11) is 0. The lowest BCUT2D eigenvalue weighted by Gasteiger charge is -2.14. The lowest BCUT2D eigenvalue weighted by Crippen LogP contribution is -2.30. The Kier molecular flexibility index (Phi) is 4.39. The van der Waals surface area contributed by atoms with Crippen LogP contribution in [0.1, 0.15) is 23.1 Å². The number of nitrogens with zero attached hydrogens (tertiary/aromatic N) is 1. The molecule has 0 bridgehead atoms. The Morgan fingerprint density at radius 2 is 2.10 bits per heavy atom. The fourth-order valence-electron chi connectivity index (χ4n) is 1.68. The molecule has 0 fully saturated rings. The Bertz CT molecular complexity index is 603. The van der Waals surface area contributed by atoms with E-state index in [-0.39, 0.29) is 5.91 Å². The average molecular weight is 290 g/mol. The van der Waals surface area contributed by atoms with Gasteiger partial charge in [-0.25, -0.2) is 4.98 Å². The first-order chi connectivity index (χ1) is 9.45. The number of thiazole rings is 1. The molecule has 1 N–H and O–H groups in total. The number of aromatic nitrogens is 1. The molecule has 1 aromatic carbocycles. The van der Waals surface area contributed by atoms with Crippen molar-refractivity contribution in [1.29, 1.82) is 0 Å². The van der Waals surface area contributed by atoms with E-state index in [1.165, 1.54) is 11.3 Å². The van der Waals surface area contributed by atoms with Gasteiger partial charge in [-0.1, -0.05) is 12.1 Å². The smallest absolute Gasteiger partial charge is 0.266 e. The highest BCUT2D eigenvalue weighted by Crippen LogP contribution is 2.21. The summed E-state index contributed by atoms with van der Waals surface area (Å²) < 4.78 is 5.63. The Labute approximate surface area is 122 Å². The van der Waals surface area contributed by atoms with Gasteiger partial charge >= 0.3 is 0 Å². The quantitative estimate of drug-likeness (QED) is 0.938. The molecule has 1 aromatic heterocycles. The molecule has 1 amide bonds. The van der Waals surface area contributed by atoms with Gasteiger partial charge in [0, 0.05) is 4.88 Å². The number of ether oxygens (including phenoxy) is 1. The third-order valence-electron chi connectivity index (χ3n) is 2.93. The molecule has 0 aliphatic heterocycles. The van der Waals surface area contributed by atoms with Crippen molar-refractivity contribution < 1.29 is 9.53 Å². The number of carbonyl (C=O) groups is 1. The molecule has 4 nitrogen and oxygen atoms in total. The van der Waals surface area contributed by atoms with E-state index in [0.717, 1.165) is 16.1 Å². The number of aryl methyl sites for hydroxylation is 3. The van der Waals surface area contributed by atoms with Gasteiger partial charge in [0.15, 0.2) is 11.2 Å². The van der Waals surface area contributed by atoms with E-state index in [1.807, 2.05) is 45.0 Å². The average Bonchev–Trinajstić information content (AvgIpc) is 2.68. The summed E-state index contributed by atoms with van der Waals surface area (Å²) in [6.45, 7) is 7.62. The number of hydrogen-bond acceptors (Lipinski definition) is 4. The van der Waals surface area contributed by atoms with Crippen LogP contribution < -0.4 is 10.1 Å². The monoisotopic (exact) mass is 290 g/mol. The van der Waals surface area contributed by atoms with Crippen LogP contribution in [0.2, 0.25) is 0 Å². The van der Waals surface area contributed by atoms with Crippen LogP contribution in [0.15, 0.2) is 24.3 Å². The number of rotatable bonds is 4. The molecule has 20 heavy (non-hydrogen) atoms. The van der Waals surface area contributed by atoms with Crippen molar-refractivity contribution in [2.75, 3.05) is 5.32 Å². The summed E-state index contributed by atoms with van der Waals surface area (Å²) in [5, 5.41) is 3.40. The highest BCUT2D eigenvalue weighted by molar-refractivity contribution is 7.15. The van der Waals surface area contributed by atoms with Gasteiger partial charge in [0.2, 0.25) is 0 Å². The fourth-order valence-corrected chi connectivity index (χ4v) is 2.50. The van der Waals surface area contributed by atoms with Crippen molar-refractivity contribution in [3.63, 3.8) is 0 Å². The topological polar surface area (TPSA) is 51.2 Å². The predicted octanol–water partition coefficient (Wildman–Crippen LogP) is 3.47. The van der Waals surface area contributed by atoms with Crippen LogP contribution in [-0.2, 0) is 4.79 Å². The standard InChI is InChI=1S/C15H18N2O2S/c1-9-6-5-7-13(8-9)19-11(3)14(18)17-15-16-10(2)12(4)20-15/h5-8,11H,1-4H3,(H,16,17,18)/t11-/m1/s1. The predicted molar refractivity (Wildman–Crippen MR) is 81.5 cm³/mol. The molecular weight excluding hydrogens is 272 g/mol. The maximum atomic E-state index is 12.1. The van der Waals surface area contributed by atoms with Crippen molar-refractivity contribution in [3.05, 3.63) is 40.4 Å². The van der Waals surface area contributed by atoms with Crippen molar-refractivity contribution in [2.24, 2.45) is 0 Å². The van der Waals surface area contributed by atoms with Gasteiger partial charge in [-0.2, -0.15) is 0 Å². The summed E-state index contributed by atoms with van der Waals surface area (Å²) in [4.78, 5) is 17.4. The van der Waals surface area contributed by atoms with Gasteiger partial charge in [0.1, 0.15) is 5.75 Å². The summed E-state index contributed by atoms with van der Waals surface area (Å²) in [6, 6.07) is 7.64. The van der Waals surface area contributed by atoms with Crippen LogP contribution in [0.3, 0.4) is 0 Å². The fraction of sp³-hybridized carbons (Fsp3) is 0.333. The molecule has 2 rings (SSSR count). The Hall–Kier alpha value is -1.88. The maximum absolute atomic E-state index is 12.1. The third kappa shape index (κ3) is 3.57. The molecular formula is C15H18N2O2S. The molecule has 0 unspecified atom stereocenters. The minimum atomic E-state index is -0.568. The van der Waals surface area contributed by atoms with Crippen molar-refractivity contribution in [3.8, 4) is 5.75 Å². The van der Waals surface area contributed by atoms with E-state index in [4.69, 9.17) is 4.74 Å². The zero-order chi connectivity index (χ0) is 14.7. The van der Waals surface area contributed by atoms with Crippen LogP contribution >= 0.6 is 11.3 Å². The van der Waals surface area contributed by atoms with Crippen LogP contribution in [0.4, 0.5) is 5.13 Å². The largest absolute Gasteiger partial charge is 0.481 e. The second-order valence-electron chi connectivity index (χ2n) is 4.73. The van der Waals surface area contributed by atoms with Gasteiger partial charge in [-0.3, -0.25) is 10.1 Å². The zero-order valence-corrected chi connectivity index (χ0v) is 12.9. The van der Waals surface area contributed by atoms with Crippen LogP contribution in [0.25, 0.3) is 0 Å². The number of benzene rings is 1. The lowest BCUT2D eigenvalue weighted by atomic mass is 10.2. The zero-order valence-electron chi connectivity index (χ0n) is 12.1. The highest BCUT2D eigenvalue weighted by atomic mass is 32.1. The first-order valence-electron chi connectivity index (χ1n) is 6.44. The second-order valence-corrected chi connectivity index (χ2v) is 5.93. The Morgan fingerprint density at radius 3 is 2.70 bits per heavy atom. The minimum Gasteiger partial charge on any atom is -0.481 e. The molecule has 0 radical (unpaired) electrons. The second kappa shape index (κ2) is 6.05. The molecule has 106 valence electrons. The summed E-state index contributed by atoms with van der Waals surface area (Å²) in [5.41, 5.74) is 2.04. The molecule has 0 aliphatic carbocycles. The summed E-state index contributed by atoms with van der Waals surface area (Å²) in [6.07, 6.45) is -0.568. The minimum absolute atomic E-state index is 0.194. The normalized spacial score (nSPS) is 12.0. The van der Waals surface area contributed by atoms with Gasteiger partial charge in [0.05, 0.1) is 5.69 Å². The molecule has 0 saturated heterocycles. The molecule has 2 aromatic rings. The van der Waals surface area contributed by atoms with Gasteiger partial charge in [0.25, 0.3) is 5.91 Å². The molecule has 1 heterocycles. The van der Waals surface area contributed by atoms with Crippen LogP contribution in [-0.4, -0.2) is 17.0 Å². The number of amides is 1. The highest BCUT2D eigenvalue weighted by Gasteiger charge is 2.16. The number of nitrogens with one attached hydrogen (secondary N) is 1. The van der Waals surface area contributed by atoms with E-state index >= 15 is 0 Å². The number of anilines is 1. The molecule has 5 heteroatoms. The van der Waals surface area contributed by atoms with E-state index < -0.39 is 6.10 Å². The van der Waals surface area contributed by atoms with Crippen molar-refractivity contribution in [1.82, 2.24) is 4.98 Å². The first-order valence-corrected chi connectivity index (χ1v) is 7.25. The molecule has 0 spiro atoms. The third-order valence-corrected chi connectivity index (χ3v) is 3.92. The Morgan fingerprint density at radius 1 is 1.35 bits per heavy atom.